The summed E-state index contributed by atoms with van der Waals surface area (Å²) in [4.78, 5) is 26.8. The maximum absolute atomic E-state index is 11.9. The molecule has 5 nitrogen and oxygen atoms in total. The first-order chi connectivity index (χ1) is 10.7. The van der Waals surface area contributed by atoms with Crippen molar-refractivity contribution in [3.63, 3.8) is 0 Å². The molecule has 0 N–H and O–H groups in total. The highest BCUT2D eigenvalue weighted by Gasteiger charge is 2.46. The molecule has 2 aliphatic heterocycles. The lowest BCUT2D eigenvalue weighted by molar-refractivity contribution is -0.144. The first-order valence-electron chi connectivity index (χ1n) is 8.94. The summed E-state index contributed by atoms with van der Waals surface area (Å²) in [7, 11) is 0. The molecular weight excluding hydrogens is 292 g/mol. The molecule has 0 saturated carbocycles. The molecular formula is C18H36N2O3. The van der Waals surface area contributed by atoms with E-state index < -0.39 is 5.60 Å². The number of carbonyl (C=O) groups is 2. The van der Waals surface area contributed by atoms with Gasteiger partial charge in [0, 0.05) is 38.5 Å². The van der Waals surface area contributed by atoms with Gasteiger partial charge in [-0.1, -0.05) is 27.7 Å². The van der Waals surface area contributed by atoms with Crippen LogP contribution in [0.15, 0.2) is 0 Å². The molecule has 0 atom stereocenters. The van der Waals surface area contributed by atoms with Crippen LogP contribution >= 0.6 is 0 Å². The predicted molar refractivity (Wildman–Crippen MR) is 94.4 cm³/mol. The zero-order chi connectivity index (χ0) is 18.3. The van der Waals surface area contributed by atoms with Crippen molar-refractivity contribution in [3.8, 4) is 0 Å². The standard InChI is InChI=1S/C14H24N2O3.2C2H6/c1-11(17)16-9-14(10-16)5-7-15(8-6-14)12(18)19-13(2,3)4;2*1-2/h5-10H2,1-4H3;2*1-2H3. The summed E-state index contributed by atoms with van der Waals surface area (Å²) in [5, 5.41) is 0. The Kier molecular flexibility index (Phi) is 8.64. The Morgan fingerprint density at radius 2 is 1.35 bits per heavy atom. The number of nitrogens with zero attached hydrogens (tertiary/aromatic N) is 2. The third-order valence-corrected chi connectivity index (χ3v) is 3.97. The molecule has 0 aromatic heterocycles. The number of piperidine rings is 1. The Morgan fingerprint density at radius 3 is 1.70 bits per heavy atom. The summed E-state index contributed by atoms with van der Waals surface area (Å²) in [6.07, 6.45) is 1.72. The van der Waals surface area contributed by atoms with E-state index in [0.717, 1.165) is 39.0 Å². The molecule has 2 amide bonds. The topological polar surface area (TPSA) is 49.9 Å². The molecule has 2 aliphatic rings. The van der Waals surface area contributed by atoms with Gasteiger partial charge in [-0.3, -0.25) is 4.79 Å². The minimum atomic E-state index is -0.436. The number of amides is 2. The van der Waals surface area contributed by atoms with Crippen molar-refractivity contribution in [2.24, 2.45) is 5.41 Å². The van der Waals surface area contributed by atoms with Gasteiger partial charge in [-0.2, -0.15) is 0 Å². The lowest BCUT2D eigenvalue weighted by Crippen LogP contribution is -2.62. The van der Waals surface area contributed by atoms with Gasteiger partial charge in [-0.15, -0.1) is 0 Å². The normalized spacial score (nSPS) is 18.8. The average Bonchev–Trinajstić information content (AvgIpc) is 2.47. The zero-order valence-corrected chi connectivity index (χ0v) is 16.4. The van der Waals surface area contributed by atoms with E-state index >= 15 is 0 Å². The average molecular weight is 328 g/mol. The molecule has 2 fully saturated rings. The Hall–Kier alpha value is -1.26. The molecule has 0 aromatic rings. The van der Waals surface area contributed by atoms with Gasteiger partial charge in [0.2, 0.25) is 5.91 Å². The van der Waals surface area contributed by atoms with Gasteiger partial charge in [0.1, 0.15) is 5.60 Å². The SMILES string of the molecule is CC.CC.CC(=O)N1CC2(CCN(C(=O)OC(C)(C)C)CC2)C1. The maximum atomic E-state index is 11.9. The van der Waals surface area contributed by atoms with E-state index in [9.17, 15) is 9.59 Å². The van der Waals surface area contributed by atoms with Crippen molar-refractivity contribution < 1.29 is 14.3 Å². The Bertz CT molecular complexity index is 372. The zero-order valence-electron chi connectivity index (χ0n) is 16.4. The van der Waals surface area contributed by atoms with E-state index in [1.54, 1.807) is 11.8 Å². The van der Waals surface area contributed by atoms with Crippen LogP contribution in [-0.2, 0) is 9.53 Å². The molecule has 2 heterocycles. The first-order valence-corrected chi connectivity index (χ1v) is 8.94. The maximum Gasteiger partial charge on any atom is 0.410 e. The summed E-state index contributed by atoms with van der Waals surface area (Å²) in [5.74, 6) is 0.153. The van der Waals surface area contributed by atoms with Gasteiger partial charge < -0.3 is 14.5 Å². The highest BCUT2D eigenvalue weighted by Crippen LogP contribution is 2.40. The van der Waals surface area contributed by atoms with Crippen LogP contribution < -0.4 is 0 Å². The third kappa shape index (κ3) is 6.40. The van der Waals surface area contributed by atoms with Gasteiger partial charge in [0.15, 0.2) is 0 Å². The second-order valence-electron chi connectivity index (χ2n) is 6.84. The predicted octanol–water partition coefficient (Wildman–Crippen LogP) is 3.92. The Balaban J connectivity index is 0.00000112. The number of ether oxygens (including phenoxy) is 1. The molecule has 2 rings (SSSR count). The van der Waals surface area contributed by atoms with Gasteiger partial charge in [-0.05, 0) is 33.6 Å². The van der Waals surface area contributed by atoms with E-state index in [-0.39, 0.29) is 17.4 Å². The molecule has 0 aromatic carbocycles. The van der Waals surface area contributed by atoms with E-state index in [4.69, 9.17) is 4.74 Å². The molecule has 136 valence electrons. The molecule has 23 heavy (non-hydrogen) atoms. The quantitative estimate of drug-likeness (QED) is 0.677. The number of carbonyl (C=O) groups excluding carboxylic acids is 2. The lowest BCUT2D eigenvalue weighted by atomic mass is 9.72. The van der Waals surface area contributed by atoms with Gasteiger partial charge in [-0.25, -0.2) is 4.79 Å². The van der Waals surface area contributed by atoms with Crippen LogP contribution in [0.4, 0.5) is 4.79 Å². The van der Waals surface area contributed by atoms with Crippen LogP contribution in [0.5, 0.6) is 0 Å². The van der Waals surface area contributed by atoms with Crippen molar-refractivity contribution in [1.82, 2.24) is 9.80 Å². The molecule has 0 unspecified atom stereocenters. The van der Waals surface area contributed by atoms with Crippen molar-refractivity contribution in [3.05, 3.63) is 0 Å². The van der Waals surface area contributed by atoms with Crippen LogP contribution in [0.3, 0.4) is 0 Å². The van der Waals surface area contributed by atoms with Crippen molar-refractivity contribution in [1.29, 1.82) is 0 Å². The molecule has 2 saturated heterocycles. The fourth-order valence-electron chi connectivity index (χ4n) is 2.79. The fraction of sp³-hybridized carbons (Fsp3) is 0.889. The smallest absolute Gasteiger partial charge is 0.410 e. The van der Waals surface area contributed by atoms with Crippen LogP contribution in [-0.4, -0.2) is 53.6 Å². The van der Waals surface area contributed by atoms with Gasteiger partial charge in [0.05, 0.1) is 0 Å². The van der Waals surface area contributed by atoms with Crippen molar-refractivity contribution in [2.45, 2.75) is 73.8 Å². The van der Waals surface area contributed by atoms with Crippen LogP contribution in [0.2, 0.25) is 0 Å². The molecule has 1 spiro atoms. The molecule has 0 radical (unpaired) electrons. The minimum Gasteiger partial charge on any atom is -0.444 e. The second kappa shape index (κ2) is 9.14. The van der Waals surface area contributed by atoms with Gasteiger partial charge >= 0.3 is 6.09 Å². The second-order valence-corrected chi connectivity index (χ2v) is 6.84. The first kappa shape index (κ1) is 21.7. The van der Waals surface area contributed by atoms with Crippen LogP contribution in [0.1, 0.15) is 68.2 Å². The molecule has 5 heteroatoms. The Labute approximate surface area is 142 Å². The fourth-order valence-corrected chi connectivity index (χ4v) is 2.79. The summed E-state index contributed by atoms with van der Waals surface area (Å²) in [6.45, 7) is 18.4. The largest absolute Gasteiger partial charge is 0.444 e. The molecule has 0 bridgehead atoms. The summed E-state index contributed by atoms with van der Waals surface area (Å²) in [6, 6.07) is 0. The highest BCUT2D eigenvalue weighted by atomic mass is 16.6. The van der Waals surface area contributed by atoms with E-state index in [1.165, 1.54) is 0 Å². The van der Waals surface area contributed by atoms with E-state index in [0.29, 0.717) is 0 Å². The van der Waals surface area contributed by atoms with Gasteiger partial charge in [0.25, 0.3) is 0 Å². The minimum absolute atomic E-state index is 0.153. The number of rotatable bonds is 0. The van der Waals surface area contributed by atoms with Crippen LogP contribution in [0, 0.1) is 5.41 Å². The number of likely N-dealkylation sites (tertiary alicyclic amines) is 2. The number of hydrogen-bond donors (Lipinski definition) is 0. The van der Waals surface area contributed by atoms with Crippen molar-refractivity contribution >= 4 is 12.0 Å². The summed E-state index contributed by atoms with van der Waals surface area (Å²) in [5.41, 5.74) is -0.182. The Morgan fingerprint density at radius 1 is 0.913 bits per heavy atom. The summed E-state index contributed by atoms with van der Waals surface area (Å²) >= 11 is 0. The highest BCUT2D eigenvalue weighted by molar-refractivity contribution is 5.74. The molecule has 0 aliphatic carbocycles. The summed E-state index contributed by atoms with van der Waals surface area (Å²) < 4.78 is 5.38. The lowest BCUT2D eigenvalue weighted by Gasteiger charge is -2.53. The monoisotopic (exact) mass is 328 g/mol. The van der Waals surface area contributed by atoms with E-state index in [1.807, 2.05) is 53.4 Å². The number of hydrogen-bond acceptors (Lipinski definition) is 3. The van der Waals surface area contributed by atoms with E-state index in [2.05, 4.69) is 0 Å². The van der Waals surface area contributed by atoms with Crippen molar-refractivity contribution in [2.75, 3.05) is 26.2 Å². The van der Waals surface area contributed by atoms with Crippen LogP contribution in [0.25, 0.3) is 0 Å². The third-order valence-electron chi connectivity index (χ3n) is 3.97.